The zero-order valence-electron chi connectivity index (χ0n) is 9.47. The van der Waals surface area contributed by atoms with E-state index in [9.17, 15) is 0 Å². The average Bonchev–Trinajstić information content (AvgIpc) is 1.76. The maximum atomic E-state index is 8.89. The summed E-state index contributed by atoms with van der Waals surface area (Å²) in [6.45, 7) is 1.94. The van der Waals surface area contributed by atoms with Gasteiger partial charge in [-0.2, -0.15) is 0 Å². The molecular weight excluding hydrogens is 322 g/mol. The second-order valence-corrected chi connectivity index (χ2v) is 2.73. The summed E-state index contributed by atoms with van der Waals surface area (Å²) in [5, 5.41) is 17.8. The van der Waals surface area contributed by atoms with E-state index < -0.39 is 11.9 Å². The topological polar surface area (TPSA) is 184 Å². The number of carbonyl (C=O) groups excluding carboxylic acids is 2. The van der Waals surface area contributed by atoms with E-state index in [4.69, 9.17) is 19.8 Å². The van der Waals surface area contributed by atoms with Crippen molar-refractivity contribution < 1.29 is 39.3 Å². The molecule has 0 spiro atoms. The summed E-state index contributed by atoms with van der Waals surface area (Å²) in [5.41, 5.74) is 18.5. The number of nitrogens with two attached hydrogens (primary N) is 4. The molecular formula is C6H14N4O4S2Zn. The van der Waals surface area contributed by atoms with Crippen molar-refractivity contribution >= 4 is 46.6 Å². The molecule has 0 radical (unpaired) electrons. The van der Waals surface area contributed by atoms with Gasteiger partial charge >= 0.3 is 19.5 Å². The number of rotatable bonds is 0. The van der Waals surface area contributed by atoms with Gasteiger partial charge in [-0.1, -0.05) is 0 Å². The van der Waals surface area contributed by atoms with Crippen LogP contribution in [0.1, 0.15) is 13.8 Å². The van der Waals surface area contributed by atoms with E-state index in [0.717, 1.165) is 13.8 Å². The predicted molar refractivity (Wildman–Crippen MR) is 63.3 cm³/mol. The van der Waals surface area contributed by atoms with Crippen LogP contribution in [-0.4, -0.2) is 22.2 Å². The van der Waals surface area contributed by atoms with Crippen molar-refractivity contribution in [2.45, 2.75) is 13.8 Å². The number of aliphatic carboxylic acids is 2. The van der Waals surface area contributed by atoms with E-state index in [2.05, 4.69) is 47.4 Å². The molecule has 0 unspecified atom stereocenters. The molecule has 96 valence electrons. The van der Waals surface area contributed by atoms with Crippen LogP contribution in [0.25, 0.3) is 0 Å². The van der Waals surface area contributed by atoms with Gasteiger partial charge in [-0.3, -0.25) is 0 Å². The summed E-state index contributed by atoms with van der Waals surface area (Å²) >= 11 is 8.19. The molecule has 0 heterocycles. The van der Waals surface area contributed by atoms with Crippen molar-refractivity contribution in [1.82, 2.24) is 0 Å². The number of hydrogen-bond donors (Lipinski definition) is 4. The van der Waals surface area contributed by atoms with Crippen molar-refractivity contribution in [3.8, 4) is 0 Å². The number of carboxylic acid groups (broad SMARTS) is 2. The molecule has 8 N–H and O–H groups in total. The molecule has 0 amide bonds. The van der Waals surface area contributed by atoms with Gasteiger partial charge in [0.1, 0.15) is 0 Å². The number of thiocarbonyl (C=S) groups is 2. The van der Waals surface area contributed by atoms with Crippen LogP contribution in [0.15, 0.2) is 0 Å². The van der Waals surface area contributed by atoms with Gasteiger partial charge in [0.2, 0.25) is 0 Å². The van der Waals surface area contributed by atoms with E-state index in [-0.39, 0.29) is 29.7 Å². The van der Waals surface area contributed by atoms with Gasteiger partial charge in [0.15, 0.2) is 10.2 Å². The predicted octanol–water partition coefficient (Wildman–Crippen LogP) is -4.11. The normalized spacial score (nSPS) is 5.76. The van der Waals surface area contributed by atoms with Crippen molar-refractivity contribution in [1.29, 1.82) is 0 Å². The van der Waals surface area contributed by atoms with E-state index in [1.165, 1.54) is 0 Å². The molecule has 0 aliphatic carbocycles. The Morgan fingerprint density at radius 1 is 0.824 bits per heavy atom. The molecule has 0 aliphatic rings. The molecule has 0 aromatic rings. The second kappa shape index (κ2) is 24.3. The Hall–Kier alpha value is -1.06. The first-order valence-corrected chi connectivity index (χ1v) is 4.20. The van der Waals surface area contributed by atoms with Crippen LogP contribution in [0.2, 0.25) is 0 Å². The Labute approximate surface area is 122 Å². The maximum Gasteiger partial charge on any atom is 2.00 e. The SMILES string of the molecule is CC(=O)[O-].CC(=O)[O-].NC(N)=S.NC(N)=S.[Zn+2]. The molecule has 0 bridgehead atoms. The third kappa shape index (κ3) is 2240. The fourth-order valence-corrected chi connectivity index (χ4v) is 0. The van der Waals surface area contributed by atoms with Crippen LogP contribution in [0.5, 0.6) is 0 Å². The molecule has 0 aromatic carbocycles. The summed E-state index contributed by atoms with van der Waals surface area (Å²) in [6.07, 6.45) is 0. The first-order valence-electron chi connectivity index (χ1n) is 3.38. The van der Waals surface area contributed by atoms with Crippen LogP contribution in [0.4, 0.5) is 0 Å². The molecule has 11 heteroatoms. The van der Waals surface area contributed by atoms with Gasteiger partial charge in [0.25, 0.3) is 0 Å². The number of hydrogen-bond acceptors (Lipinski definition) is 6. The summed E-state index contributed by atoms with van der Waals surface area (Å²) in [6, 6.07) is 0. The minimum atomic E-state index is -1.08. The van der Waals surface area contributed by atoms with Crippen molar-refractivity contribution in [3.63, 3.8) is 0 Å². The van der Waals surface area contributed by atoms with Gasteiger partial charge in [-0.25, -0.2) is 0 Å². The van der Waals surface area contributed by atoms with Gasteiger partial charge in [0, 0.05) is 11.9 Å². The van der Waals surface area contributed by atoms with Crippen LogP contribution in [0.3, 0.4) is 0 Å². The third-order valence-corrected chi connectivity index (χ3v) is 0. The van der Waals surface area contributed by atoms with Crippen LogP contribution in [-0.2, 0) is 29.1 Å². The summed E-state index contributed by atoms with van der Waals surface area (Å²) in [7, 11) is 0. The summed E-state index contributed by atoms with van der Waals surface area (Å²) in [4.78, 5) is 17.8. The Morgan fingerprint density at radius 3 is 0.824 bits per heavy atom. The van der Waals surface area contributed by atoms with Crippen molar-refractivity contribution in [2.75, 3.05) is 0 Å². The molecule has 0 aliphatic heterocycles. The first-order chi connectivity index (χ1) is 6.93. The third-order valence-electron chi connectivity index (χ3n) is 0. The Kier molecular flexibility index (Phi) is 42.4. The molecule has 17 heavy (non-hydrogen) atoms. The Morgan fingerprint density at radius 2 is 0.824 bits per heavy atom. The maximum absolute atomic E-state index is 8.89. The van der Waals surface area contributed by atoms with Gasteiger partial charge in [0.05, 0.1) is 0 Å². The summed E-state index contributed by atoms with van der Waals surface area (Å²) in [5.74, 6) is -2.17. The molecule has 0 rings (SSSR count). The molecule has 8 nitrogen and oxygen atoms in total. The molecule has 0 atom stereocenters. The quantitative estimate of drug-likeness (QED) is 0.250. The van der Waals surface area contributed by atoms with E-state index in [1.807, 2.05) is 0 Å². The Balaban J connectivity index is -0.0000000369. The number of carbonyl (C=O) groups is 2. The second-order valence-electron chi connectivity index (χ2n) is 1.79. The number of carboxylic acids is 2. The van der Waals surface area contributed by atoms with E-state index in [1.54, 1.807) is 0 Å². The van der Waals surface area contributed by atoms with E-state index >= 15 is 0 Å². The fraction of sp³-hybridized carbons (Fsp3) is 0.333. The largest absolute Gasteiger partial charge is 2.00 e. The van der Waals surface area contributed by atoms with E-state index in [0.29, 0.717) is 0 Å². The van der Waals surface area contributed by atoms with Gasteiger partial charge in [-0.05, 0) is 38.3 Å². The summed E-state index contributed by atoms with van der Waals surface area (Å²) < 4.78 is 0. The van der Waals surface area contributed by atoms with Crippen molar-refractivity contribution in [2.24, 2.45) is 22.9 Å². The molecule has 0 saturated carbocycles. The zero-order chi connectivity index (χ0) is 14.3. The first kappa shape index (κ1) is 29.7. The molecule has 0 saturated heterocycles. The standard InChI is InChI=1S/2C2H4O2.2CH4N2S.Zn/c2*1-2(3)4;2*2-1(3)4;/h2*1H3,(H,3,4);2*(H4,2,3,4);/q;;;;+2/p-2. The molecule has 0 fully saturated rings. The average molecular weight is 336 g/mol. The monoisotopic (exact) mass is 334 g/mol. The smallest absolute Gasteiger partial charge is 0.550 e. The Bertz CT molecular complexity index is 176. The minimum Gasteiger partial charge on any atom is -0.550 e. The van der Waals surface area contributed by atoms with Crippen molar-refractivity contribution in [3.05, 3.63) is 0 Å². The zero-order valence-corrected chi connectivity index (χ0v) is 14.1. The van der Waals surface area contributed by atoms with Crippen LogP contribution < -0.4 is 33.1 Å². The van der Waals surface area contributed by atoms with Gasteiger partial charge in [-0.15, -0.1) is 0 Å². The van der Waals surface area contributed by atoms with Crippen LogP contribution in [0, 0.1) is 0 Å². The molecule has 0 aromatic heterocycles. The van der Waals surface area contributed by atoms with Gasteiger partial charge < -0.3 is 42.7 Å². The van der Waals surface area contributed by atoms with Crippen LogP contribution >= 0.6 is 24.4 Å². The fourth-order valence-electron chi connectivity index (χ4n) is 0. The minimum absolute atomic E-state index is 0.